The molecule has 0 aliphatic rings. The van der Waals surface area contributed by atoms with Gasteiger partial charge < -0.3 is 9.52 Å². The van der Waals surface area contributed by atoms with Crippen molar-refractivity contribution in [2.75, 3.05) is 0 Å². The molecule has 106 valence electrons. The highest BCUT2D eigenvalue weighted by molar-refractivity contribution is 6.31. The highest BCUT2D eigenvalue weighted by Gasteiger charge is 2.12. The Balaban J connectivity index is 2.08. The zero-order valence-electron chi connectivity index (χ0n) is 10.7. The van der Waals surface area contributed by atoms with Crippen molar-refractivity contribution in [3.8, 4) is 11.3 Å². The van der Waals surface area contributed by atoms with Gasteiger partial charge in [0.15, 0.2) is 0 Å². The second kappa shape index (κ2) is 6.07. The van der Waals surface area contributed by atoms with Gasteiger partial charge in [-0.2, -0.15) is 0 Å². The fourth-order valence-electron chi connectivity index (χ4n) is 1.62. The molecule has 0 saturated heterocycles. The van der Waals surface area contributed by atoms with Crippen LogP contribution in [0.25, 0.3) is 11.3 Å². The number of carboxylic acid groups (broad SMARTS) is 1. The van der Waals surface area contributed by atoms with Crippen LogP contribution < -0.4 is 5.32 Å². The first kappa shape index (κ1) is 14.6. The van der Waals surface area contributed by atoms with E-state index in [4.69, 9.17) is 21.1 Å². The van der Waals surface area contributed by atoms with Crippen LogP contribution in [-0.4, -0.2) is 17.1 Å². The number of hydrogen-bond donors (Lipinski definition) is 2. The van der Waals surface area contributed by atoms with E-state index in [2.05, 4.69) is 5.32 Å². The summed E-state index contributed by atoms with van der Waals surface area (Å²) in [5.74, 6) is -0.276. The van der Waals surface area contributed by atoms with Crippen molar-refractivity contribution in [2.24, 2.45) is 0 Å². The number of benzene rings is 1. The number of aliphatic carboxylic acids is 1. The first-order chi connectivity index (χ1) is 9.47. The Labute approximate surface area is 120 Å². The average Bonchev–Trinajstić information content (AvgIpc) is 2.87. The van der Waals surface area contributed by atoms with Gasteiger partial charge in [-0.15, -0.1) is 0 Å². The molecule has 1 heterocycles. The number of carboxylic acids is 1. The first-order valence-corrected chi connectivity index (χ1v) is 6.35. The lowest BCUT2D eigenvalue weighted by molar-refractivity contribution is -0.139. The van der Waals surface area contributed by atoms with Crippen LogP contribution in [0.15, 0.2) is 34.7 Å². The molecule has 1 atom stereocenters. The van der Waals surface area contributed by atoms with Crippen molar-refractivity contribution in [1.82, 2.24) is 5.32 Å². The number of carbonyl (C=O) groups is 1. The minimum atomic E-state index is -0.929. The molecule has 1 aromatic heterocycles. The predicted octanol–water partition coefficient (Wildman–Crippen LogP) is 3.30. The number of hydrogen-bond acceptors (Lipinski definition) is 3. The fraction of sp³-hybridized carbons (Fsp3) is 0.214. The first-order valence-electron chi connectivity index (χ1n) is 5.97. The van der Waals surface area contributed by atoms with Crippen molar-refractivity contribution < 1.29 is 18.7 Å². The van der Waals surface area contributed by atoms with Crippen LogP contribution >= 0.6 is 11.6 Å². The van der Waals surface area contributed by atoms with Gasteiger partial charge in [0, 0.05) is 5.56 Å². The van der Waals surface area contributed by atoms with Crippen LogP contribution in [0.3, 0.4) is 0 Å². The van der Waals surface area contributed by atoms with Gasteiger partial charge in [-0.05, 0) is 37.3 Å². The topological polar surface area (TPSA) is 62.5 Å². The minimum Gasteiger partial charge on any atom is -0.480 e. The number of nitrogens with one attached hydrogen (secondary N) is 1. The van der Waals surface area contributed by atoms with E-state index in [0.29, 0.717) is 23.6 Å². The van der Waals surface area contributed by atoms with E-state index in [1.807, 2.05) is 0 Å². The van der Waals surface area contributed by atoms with E-state index in [9.17, 15) is 9.18 Å². The molecule has 6 heteroatoms. The fourth-order valence-corrected chi connectivity index (χ4v) is 1.80. The van der Waals surface area contributed by atoms with Gasteiger partial charge in [-0.25, -0.2) is 4.39 Å². The van der Waals surface area contributed by atoms with Crippen molar-refractivity contribution in [1.29, 1.82) is 0 Å². The Morgan fingerprint density at radius 2 is 2.20 bits per heavy atom. The maximum atomic E-state index is 13.1. The molecular formula is C14H13ClFNO3. The summed E-state index contributed by atoms with van der Waals surface area (Å²) in [6.07, 6.45) is 0. The van der Waals surface area contributed by atoms with Crippen LogP contribution in [0.4, 0.5) is 4.39 Å². The third-order valence-electron chi connectivity index (χ3n) is 2.82. The quantitative estimate of drug-likeness (QED) is 0.889. The zero-order chi connectivity index (χ0) is 14.7. The third-order valence-corrected chi connectivity index (χ3v) is 3.11. The summed E-state index contributed by atoms with van der Waals surface area (Å²) in [7, 11) is 0. The minimum absolute atomic E-state index is 0.0260. The number of rotatable bonds is 5. The second-order valence-electron chi connectivity index (χ2n) is 4.34. The maximum Gasteiger partial charge on any atom is 0.320 e. The lowest BCUT2D eigenvalue weighted by Crippen LogP contribution is -2.32. The smallest absolute Gasteiger partial charge is 0.320 e. The predicted molar refractivity (Wildman–Crippen MR) is 73.0 cm³/mol. The van der Waals surface area contributed by atoms with Crippen LogP contribution in [-0.2, 0) is 11.3 Å². The highest BCUT2D eigenvalue weighted by atomic mass is 35.5. The van der Waals surface area contributed by atoms with Crippen molar-refractivity contribution >= 4 is 17.6 Å². The molecule has 0 radical (unpaired) electrons. The Morgan fingerprint density at radius 3 is 2.85 bits per heavy atom. The van der Waals surface area contributed by atoms with Gasteiger partial charge in [0.1, 0.15) is 23.4 Å². The van der Waals surface area contributed by atoms with Crippen molar-refractivity contribution in [2.45, 2.75) is 19.5 Å². The summed E-state index contributed by atoms with van der Waals surface area (Å²) in [6, 6.07) is 7.11. The van der Waals surface area contributed by atoms with E-state index in [-0.39, 0.29) is 5.02 Å². The molecule has 20 heavy (non-hydrogen) atoms. The average molecular weight is 298 g/mol. The lowest BCUT2D eigenvalue weighted by Gasteiger charge is -2.06. The molecule has 4 nitrogen and oxygen atoms in total. The molecular weight excluding hydrogens is 285 g/mol. The Kier molecular flexibility index (Phi) is 4.42. The molecule has 0 spiro atoms. The van der Waals surface area contributed by atoms with E-state index < -0.39 is 17.8 Å². The van der Waals surface area contributed by atoms with Crippen molar-refractivity contribution in [3.05, 3.63) is 46.9 Å². The van der Waals surface area contributed by atoms with Crippen LogP contribution in [0.1, 0.15) is 12.7 Å². The summed E-state index contributed by atoms with van der Waals surface area (Å²) in [4.78, 5) is 10.7. The molecule has 2 aromatic rings. The van der Waals surface area contributed by atoms with E-state index >= 15 is 0 Å². The van der Waals surface area contributed by atoms with E-state index in [0.717, 1.165) is 0 Å². The van der Waals surface area contributed by atoms with Gasteiger partial charge in [-0.3, -0.25) is 10.1 Å². The SMILES string of the molecule is C[C@@H](NCc1ccc(-c2ccc(F)c(Cl)c2)o1)C(=O)O. The molecule has 0 aliphatic heterocycles. The summed E-state index contributed by atoms with van der Waals surface area (Å²) >= 11 is 5.71. The molecule has 0 bridgehead atoms. The van der Waals surface area contributed by atoms with Gasteiger partial charge in [0.25, 0.3) is 0 Å². The van der Waals surface area contributed by atoms with Gasteiger partial charge >= 0.3 is 5.97 Å². The molecule has 2 N–H and O–H groups in total. The molecule has 2 rings (SSSR count). The Bertz CT molecular complexity index is 627. The molecule has 0 fully saturated rings. The van der Waals surface area contributed by atoms with Crippen molar-refractivity contribution in [3.63, 3.8) is 0 Å². The Morgan fingerprint density at radius 1 is 1.45 bits per heavy atom. The van der Waals surface area contributed by atoms with Gasteiger partial charge in [-0.1, -0.05) is 11.6 Å². The largest absolute Gasteiger partial charge is 0.480 e. The number of furan rings is 1. The highest BCUT2D eigenvalue weighted by Crippen LogP contribution is 2.26. The maximum absolute atomic E-state index is 13.1. The summed E-state index contributed by atoms with van der Waals surface area (Å²) in [5.41, 5.74) is 0.661. The van der Waals surface area contributed by atoms with E-state index in [1.165, 1.54) is 12.1 Å². The van der Waals surface area contributed by atoms with Gasteiger partial charge in [0.05, 0.1) is 11.6 Å². The number of halogens is 2. The summed E-state index contributed by atoms with van der Waals surface area (Å²) < 4.78 is 18.6. The molecule has 0 unspecified atom stereocenters. The van der Waals surface area contributed by atoms with Crippen LogP contribution in [0.5, 0.6) is 0 Å². The van der Waals surface area contributed by atoms with Gasteiger partial charge in [0.2, 0.25) is 0 Å². The second-order valence-corrected chi connectivity index (χ2v) is 4.74. The Hall–Kier alpha value is -1.85. The standard InChI is InChI=1S/C14H13ClFNO3/c1-8(14(18)19)17-7-10-3-5-13(20-10)9-2-4-12(16)11(15)6-9/h2-6,8,17H,7H2,1H3,(H,18,19)/t8-/m1/s1. The molecule has 0 saturated carbocycles. The monoisotopic (exact) mass is 297 g/mol. The molecule has 1 aromatic carbocycles. The van der Waals surface area contributed by atoms with E-state index in [1.54, 1.807) is 25.1 Å². The summed E-state index contributed by atoms with van der Waals surface area (Å²) in [5, 5.41) is 11.6. The molecule has 0 amide bonds. The van der Waals surface area contributed by atoms with Crippen LogP contribution in [0.2, 0.25) is 5.02 Å². The lowest BCUT2D eigenvalue weighted by atomic mass is 10.2. The third kappa shape index (κ3) is 3.37. The normalized spacial score (nSPS) is 12.3. The molecule has 0 aliphatic carbocycles. The zero-order valence-corrected chi connectivity index (χ0v) is 11.4. The van der Waals surface area contributed by atoms with Crippen LogP contribution in [0, 0.1) is 5.82 Å². The summed E-state index contributed by atoms with van der Waals surface area (Å²) in [6.45, 7) is 1.84.